The summed E-state index contributed by atoms with van der Waals surface area (Å²) in [5.74, 6) is -0.0790. The zero-order valence-electron chi connectivity index (χ0n) is 13.4. The lowest BCUT2D eigenvalue weighted by Crippen LogP contribution is -2.24. The number of unbranched alkanes of at least 4 members (excludes halogenated alkanes) is 1. The molecule has 0 unspecified atom stereocenters. The number of pyridine rings is 1. The summed E-state index contributed by atoms with van der Waals surface area (Å²) in [6.07, 6.45) is 5.36. The first-order chi connectivity index (χ1) is 10.6. The van der Waals surface area contributed by atoms with Crippen molar-refractivity contribution in [3.63, 3.8) is 0 Å². The Hall–Kier alpha value is -2.36. The third-order valence-electron chi connectivity index (χ3n) is 3.61. The Labute approximate surface area is 132 Å². The second-order valence-corrected chi connectivity index (χ2v) is 5.50. The molecule has 1 amide bonds. The lowest BCUT2D eigenvalue weighted by atomic mass is 10.1. The van der Waals surface area contributed by atoms with Crippen molar-refractivity contribution < 1.29 is 4.79 Å². The quantitative estimate of drug-likeness (QED) is 0.793. The average molecular weight is 297 g/mol. The molecule has 0 aliphatic rings. The molecular weight excluding hydrogens is 274 g/mol. The second-order valence-electron chi connectivity index (χ2n) is 5.50. The van der Waals surface area contributed by atoms with E-state index in [9.17, 15) is 4.79 Å². The summed E-state index contributed by atoms with van der Waals surface area (Å²) in [6, 6.07) is 8.01. The van der Waals surface area contributed by atoms with E-state index < -0.39 is 0 Å². The molecule has 22 heavy (non-hydrogen) atoms. The summed E-state index contributed by atoms with van der Waals surface area (Å²) in [5.41, 5.74) is 4.86. The Bertz CT molecular complexity index is 653. The minimum absolute atomic E-state index is 0.0790. The van der Waals surface area contributed by atoms with Crippen LogP contribution in [0.3, 0.4) is 0 Å². The number of rotatable bonds is 6. The van der Waals surface area contributed by atoms with E-state index in [1.54, 1.807) is 12.4 Å². The highest BCUT2D eigenvalue weighted by Crippen LogP contribution is 2.19. The van der Waals surface area contributed by atoms with E-state index in [4.69, 9.17) is 0 Å². The van der Waals surface area contributed by atoms with Crippen LogP contribution in [0.15, 0.2) is 36.7 Å². The number of hydrogen-bond donors (Lipinski definition) is 2. The average Bonchev–Trinajstić information content (AvgIpc) is 2.51. The minimum Gasteiger partial charge on any atom is -0.354 e. The maximum absolute atomic E-state index is 12.0. The molecule has 0 atom stereocenters. The number of amides is 1. The number of anilines is 2. The highest BCUT2D eigenvalue weighted by atomic mass is 16.1. The van der Waals surface area contributed by atoms with Gasteiger partial charge < -0.3 is 10.6 Å². The van der Waals surface area contributed by atoms with Gasteiger partial charge in [0.25, 0.3) is 5.91 Å². The van der Waals surface area contributed by atoms with Gasteiger partial charge in [-0.2, -0.15) is 0 Å². The Balaban J connectivity index is 2.07. The van der Waals surface area contributed by atoms with E-state index in [0.717, 1.165) is 24.2 Å². The first-order valence-corrected chi connectivity index (χ1v) is 7.67. The van der Waals surface area contributed by atoms with Crippen LogP contribution in [0.4, 0.5) is 11.4 Å². The lowest BCUT2D eigenvalue weighted by molar-refractivity contribution is 0.0953. The molecule has 0 saturated carbocycles. The fraction of sp³-hybridized carbons (Fsp3) is 0.333. The molecule has 0 bridgehead atoms. The van der Waals surface area contributed by atoms with Gasteiger partial charge >= 0.3 is 0 Å². The number of aryl methyl sites for hydroxylation is 2. The molecule has 4 nitrogen and oxygen atoms in total. The molecule has 0 radical (unpaired) electrons. The molecule has 0 saturated heterocycles. The minimum atomic E-state index is -0.0790. The normalized spacial score (nSPS) is 10.3. The van der Waals surface area contributed by atoms with Crippen molar-refractivity contribution in [2.75, 3.05) is 11.9 Å². The fourth-order valence-electron chi connectivity index (χ4n) is 2.10. The van der Waals surface area contributed by atoms with Crippen LogP contribution in [-0.4, -0.2) is 17.4 Å². The van der Waals surface area contributed by atoms with Crippen molar-refractivity contribution in [3.05, 3.63) is 53.3 Å². The predicted octanol–water partition coefficient (Wildman–Crippen LogP) is 3.97. The number of carbonyl (C=O) groups is 1. The van der Waals surface area contributed by atoms with Crippen molar-refractivity contribution in [2.24, 2.45) is 0 Å². The number of carbonyl (C=O) groups excluding carboxylic acids is 1. The molecule has 1 aromatic heterocycles. The van der Waals surface area contributed by atoms with Gasteiger partial charge in [0, 0.05) is 18.4 Å². The summed E-state index contributed by atoms with van der Waals surface area (Å²) in [7, 11) is 0. The summed E-state index contributed by atoms with van der Waals surface area (Å²) < 4.78 is 0. The van der Waals surface area contributed by atoms with Gasteiger partial charge in [0.2, 0.25) is 0 Å². The maximum atomic E-state index is 12.0. The molecule has 1 aromatic carbocycles. The summed E-state index contributed by atoms with van der Waals surface area (Å²) >= 11 is 0. The number of hydrogen-bond acceptors (Lipinski definition) is 3. The Morgan fingerprint density at radius 3 is 2.64 bits per heavy atom. The Morgan fingerprint density at radius 2 is 1.91 bits per heavy atom. The van der Waals surface area contributed by atoms with E-state index in [1.807, 2.05) is 12.1 Å². The standard InChI is InChI=1S/C18H23N3O/c1-4-5-8-20-18(22)15-10-17(12-19-11-15)21-16-7-6-13(2)14(3)9-16/h6-7,9-12,21H,4-5,8H2,1-3H3,(H,20,22). The van der Waals surface area contributed by atoms with Crippen LogP contribution < -0.4 is 10.6 Å². The van der Waals surface area contributed by atoms with E-state index in [-0.39, 0.29) is 5.91 Å². The number of benzene rings is 1. The van der Waals surface area contributed by atoms with Crippen molar-refractivity contribution >= 4 is 17.3 Å². The van der Waals surface area contributed by atoms with Crippen LogP contribution >= 0.6 is 0 Å². The first kappa shape index (κ1) is 16.0. The highest BCUT2D eigenvalue weighted by molar-refractivity contribution is 5.94. The van der Waals surface area contributed by atoms with Crippen molar-refractivity contribution in [2.45, 2.75) is 33.6 Å². The molecule has 2 N–H and O–H groups in total. The monoisotopic (exact) mass is 297 g/mol. The zero-order valence-corrected chi connectivity index (χ0v) is 13.4. The predicted molar refractivity (Wildman–Crippen MR) is 90.7 cm³/mol. The lowest BCUT2D eigenvalue weighted by Gasteiger charge is -2.10. The third-order valence-corrected chi connectivity index (χ3v) is 3.61. The second kappa shape index (κ2) is 7.59. The molecule has 2 rings (SSSR count). The molecule has 0 spiro atoms. The number of aromatic nitrogens is 1. The zero-order chi connectivity index (χ0) is 15.9. The smallest absolute Gasteiger partial charge is 0.252 e. The van der Waals surface area contributed by atoms with Gasteiger partial charge in [-0.25, -0.2) is 0 Å². The molecule has 0 aliphatic heterocycles. The van der Waals surface area contributed by atoms with E-state index in [1.165, 1.54) is 11.1 Å². The molecule has 0 aliphatic carbocycles. The number of nitrogens with zero attached hydrogens (tertiary/aromatic N) is 1. The highest BCUT2D eigenvalue weighted by Gasteiger charge is 2.06. The maximum Gasteiger partial charge on any atom is 0.252 e. The molecular formula is C18H23N3O. The van der Waals surface area contributed by atoms with E-state index >= 15 is 0 Å². The van der Waals surface area contributed by atoms with Gasteiger partial charge in [-0.05, 0) is 49.6 Å². The Morgan fingerprint density at radius 1 is 1.09 bits per heavy atom. The molecule has 116 valence electrons. The van der Waals surface area contributed by atoms with Gasteiger partial charge in [-0.1, -0.05) is 19.4 Å². The van der Waals surface area contributed by atoms with Gasteiger partial charge in [0.15, 0.2) is 0 Å². The SMILES string of the molecule is CCCCNC(=O)c1cncc(Nc2ccc(C)c(C)c2)c1. The third kappa shape index (κ3) is 4.32. The van der Waals surface area contributed by atoms with Crippen LogP contribution in [0, 0.1) is 13.8 Å². The van der Waals surface area contributed by atoms with E-state index in [0.29, 0.717) is 12.1 Å². The largest absolute Gasteiger partial charge is 0.354 e. The van der Waals surface area contributed by atoms with Crippen molar-refractivity contribution in [1.82, 2.24) is 10.3 Å². The molecule has 4 heteroatoms. The summed E-state index contributed by atoms with van der Waals surface area (Å²) in [4.78, 5) is 16.2. The van der Waals surface area contributed by atoms with Crippen LogP contribution in [0.5, 0.6) is 0 Å². The topological polar surface area (TPSA) is 54.0 Å². The van der Waals surface area contributed by atoms with Gasteiger partial charge in [-0.3, -0.25) is 9.78 Å². The van der Waals surface area contributed by atoms with Crippen LogP contribution in [0.25, 0.3) is 0 Å². The van der Waals surface area contributed by atoms with Crippen LogP contribution in [0.1, 0.15) is 41.3 Å². The summed E-state index contributed by atoms with van der Waals surface area (Å²) in [6.45, 7) is 6.96. The van der Waals surface area contributed by atoms with Crippen LogP contribution in [0.2, 0.25) is 0 Å². The van der Waals surface area contributed by atoms with Crippen LogP contribution in [-0.2, 0) is 0 Å². The van der Waals surface area contributed by atoms with Crippen molar-refractivity contribution in [3.8, 4) is 0 Å². The molecule has 0 fully saturated rings. The Kier molecular flexibility index (Phi) is 5.53. The van der Waals surface area contributed by atoms with Gasteiger partial charge in [0.05, 0.1) is 17.4 Å². The first-order valence-electron chi connectivity index (χ1n) is 7.67. The van der Waals surface area contributed by atoms with E-state index in [2.05, 4.69) is 48.5 Å². The summed E-state index contributed by atoms with van der Waals surface area (Å²) in [5, 5.41) is 6.19. The molecule has 2 aromatic rings. The van der Waals surface area contributed by atoms with Crippen molar-refractivity contribution in [1.29, 1.82) is 0 Å². The molecule has 1 heterocycles. The number of nitrogens with one attached hydrogen (secondary N) is 2. The van der Waals surface area contributed by atoms with Gasteiger partial charge in [0.1, 0.15) is 0 Å². The van der Waals surface area contributed by atoms with Gasteiger partial charge in [-0.15, -0.1) is 0 Å². The fourth-order valence-corrected chi connectivity index (χ4v) is 2.10.